The number of halogens is 4. The van der Waals surface area contributed by atoms with Crippen LogP contribution in [0.4, 0.5) is 28.9 Å². The molecule has 14 heteroatoms. The average Bonchev–Trinajstić information content (AvgIpc) is 3.70. The summed E-state index contributed by atoms with van der Waals surface area (Å²) in [4.78, 5) is 34.4. The number of phenols is 1. The second-order valence-corrected chi connectivity index (χ2v) is 13.4. The maximum Gasteiger partial charge on any atom is 0.394 e. The number of aromatic hydroxyl groups is 1. The Kier molecular flexibility index (Phi) is 9.83. The number of aromatic nitrogens is 3. The van der Waals surface area contributed by atoms with E-state index in [0.29, 0.717) is 45.8 Å². The van der Waals surface area contributed by atoms with E-state index in [1.807, 2.05) is 24.3 Å². The summed E-state index contributed by atoms with van der Waals surface area (Å²) < 4.78 is 66.0. The number of alkyl halides is 3. The van der Waals surface area contributed by atoms with Crippen molar-refractivity contribution in [2.75, 3.05) is 37.7 Å². The molecule has 2 aliphatic heterocycles. The van der Waals surface area contributed by atoms with Gasteiger partial charge in [0.05, 0.1) is 37.1 Å². The Hall–Kier alpha value is -5.47. The van der Waals surface area contributed by atoms with Gasteiger partial charge < -0.3 is 19.3 Å². The molecule has 2 aromatic heterocycles. The monoisotopic (exact) mass is 730 g/mol. The van der Waals surface area contributed by atoms with Crippen molar-refractivity contribution >= 4 is 23.2 Å². The van der Waals surface area contributed by atoms with Crippen molar-refractivity contribution in [1.29, 1.82) is 0 Å². The lowest BCUT2D eigenvalue weighted by Crippen LogP contribution is -2.52. The fourth-order valence-corrected chi connectivity index (χ4v) is 7.26. The van der Waals surface area contributed by atoms with Gasteiger partial charge in [0.2, 0.25) is 0 Å². The Bertz CT molecular complexity index is 2140. The van der Waals surface area contributed by atoms with Crippen molar-refractivity contribution in [3.8, 4) is 17.0 Å². The quantitative estimate of drug-likeness (QED) is 0.190. The maximum atomic E-state index is 15.2. The third-order valence-electron chi connectivity index (χ3n) is 9.89. The summed E-state index contributed by atoms with van der Waals surface area (Å²) in [7, 11) is 3.01. The summed E-state index contributed by atoms with van der Waals surface area (Å²) in [6, 6.07) is 18.2. The molecule has 10 nitrogen and oxygen atoms in total. The number of ether oxygens (including phenoxy) is 1. The summed E-state index contributed by atoms with van der Waals surface area (Å²) in [5.74, 6) is -1.98. The molecule has 276 valence electrons. The summed E-state index contributed by atoms with van der Waals surface area (Å²) in [5, 5.41) is 14.1. The van der Waals surface area contributed by atoms with E-state index in [1.165, 1.54) is 70.0 Å². The van der Waals surface area contributed by atoms with E-state index in [0.717, 1.165) is 23.3 Å². The second kappa shape index (κ2) is 14.5. The number of nitrogens with zero attached hydrogens (tertiary/aromatic N) is 6. The minimum atomic E-state index is -4.72. The number of anilines is 2. The topological polar surface area (TPSA) is 96.1 Å². The second-order valence-electron chi connectivity index (χ2n) is 13.4. The van der Waals surface area contributed by atoms with Gasteiger partial charge in [0.25, 0.3) is 11.8 Å². The van der Waals surface area contributed by atoms with Crippen molar-refractivity contribution in [1.82, 2.24) is 24.1 Å². The fourth-order valence-electron chi connectivity index (χ4n) is 7.26. The number of benzene rings is 3. The number of carbonyl (C=O) groups excluding carboxylic acids is 2. The third-order valence-corrected chi connectivity index (χ3v) is 9.89. The number of phenolic OH excluding ortho intramolecular Hbond substituents is 1. The molecule has 0 unspecified atom stereocenters. The van der Waals surface area contributed by atoms with Crippen LogP contribution in [0.15, 0.2) is 85.2 Å². The Morgan fingerprint density at radius 3 is 2.34 bits per heavy atom. The summed E-state index contributed by atoms with van der Waals surface area (Å²) in [5.41, 5.74) is 2.19. The Morgan fingerprint density at radius 2 is 1.66 bits per heavy atom. The number of amides is 2. The number of aryl methyl sites for hydroxylation is 1. The Labute approximate surface area is 303 Å². The van der Waals surface area contributed by atoms with Crippen LogP contribution in [0.5, 0.6) is 5.75 Å². The zero-order valence-electron chi connectivity index (χ0n) is 29.2. The molecule has 4 heterocycles. The first-order valence-electron chi connectivity index (χ1n) is 17.2. The van der Waals surface area contributed by atoms with E-state index >= 15 is 4.39 Å². The number of hydrogen-bond acceptors (Lipinski definition) is 6. The lowest BCUT2D eigenvalue weighted by molar-refractivity contribution is -0.128. The summed E-state index contributed by atoms with van der Waals surface area (Å²) in [6.07, 6.45) is -2.67. The Balaban J connectivity index is 1.33. The van der Waals surface area contributed by atoms with Crippen LogP contribution in [0.1, 0.15) is 37.5 Å². The molecule has 53 heavy (non-hydrogen) atoms. The van der Waals surface area contributed by atoms with Gasteiger partial charge in [-0.25, -0.2) is 4.39 Å². The summed E-state index contributed by atoms with van der Waals surface area (Å²) >= 11 is 0. The third kappa shape index (κ3) is 7.55. The lowest BCUT2D eigenvalue weighted by atomic mass is 9.92. The highest BCUT2D eigenvalue weighted by Gasteiger charge is 2.37. The minimum Gasteiger partial charge on any atom is -0.508 e. The molecule has 0 radical (unpaired) electrons. The van der Waals surface area contributed by atoms with Gasteiger partial charge in [-0.2, -0.15) is 18.3 Å². The molecule has 1 saturated heterocycles. The van der Waals surface area contributed by atoms with Crippen LogP contribution in [0.2, 0.25) is 0 Å². The molecule has 2 amide bonds. The van der Waals surface area contributed by atoms with Crippen molar-refractivity contribution in [3.05, 3.63) is 119 Å². The van der Waals surface area contributed by atoms with Gasteiger partial charge >= 0.3 is 6.18 Å². The zero-order valence-corrected chi connectivity index (χ0v) is 29.2. The molecule has 1 N–H and O–H groups in total. The molecule has 7 rings (SSSR count). The zero-order chi connectivity index (χ0) is 37.4. The number of carbonyl (C=O) groups is 2. The molecule has 1 fully saturated rings. The highest BCUT2D eigenvalue weighted by Crippen LogP contribution is 2.37. The average molecular weight is 731 g/mol. The van der Waals surface area contributed by atoms with Gasteiger partial charge in [0, 0.05) is 80.7 Å². The van der Waals surface area contributed by atoms with Gasteiger partial charge in [-0.3, -0.25) is 24.1 Å². The molecule has 0 saturated carbocycles. The molecular weight excluding hydrogens is 692 g/mol. The Morgan fingerprint density at radius 1 is 0.943 bits per heavy atom. The van der Waals surface area contributed by atoms with Crippen molar-refractivity contribution in [3.63, 3.8) is 0 Å². The maximum absolute atomic E-state index is 15.2. The van der Waals surface area contributed by atoms with E-state index in [4.69, 9.17) is 4.74 Å². The van der Waals surface area contributed by atoms with Gasteiger partial charge in [0.1, 0.15) is 11.6 Å². The van der Waals surface area contributed by atoms with E-state index < -0.39 is 30.2 Å². The lowest BCUT2D eigenvalue weighted by Gasteiger charge is -2.40. The number of morpholine rings is 1. The van der Waals surface area contributed by atoms with Gasteiger partial charge in [-0.15, -0.1) is 0 Å². The van der Waals surface area contributed by atoms with Gasteiger partial charge in [-0.1, -0.05) is 24.3 Å². The largest absolute Gasteiger partial charge is 0.508 e. The van der Waals surface area contributed by atoms with E-state index in [1.54, 1.807) is 11.9 Å². The van der Waals surface area contributed by atoms with E-state index in [-0.39, 0.29) is 51.2 Å². The predicted molar refractivity (Wildman–Crippen MR) is 189 cm³/mol. The first kappa shape index (κ1) is 35.9. The van der Waals surface area contributed by atoms with Crippen LogP contribution in [0, 0.1) is 5.82 Å². The first-order valence-corrected chi connectivity index (χ1v) is 17.2. The van der Waals surface area contributed by atoms with Crippen LogP contribution in [-0.2, 0) is 38.2 Å². The van der Waals surface area contributed by atoms with Gasteiger partial charge in [-0.05, 0) is 66.1 Å². The van der Waals surface area contributed by atoms with Crippen molar-refractivity contribution in [2.24, 2.45) is 14.1 Å². The fraction of sp³-hybridized carbons (Fsp3) is 0.308. The molecule has 0 aliphatic carbocycles. The standard InChI is InChI=1S/C39H38F4N6O4/c1-45-23-30(21-44-45)49(28-8-10-31(50)11-9-28)38(52)34-19-35(46(2)36(34)20-39(41,42)43)33-18-27(40)7-12-32(33)37(51)48-22-26-6-4-3-5-25(26)17-29(48)24-47-13-15-53-16-14-47/h3-12,18-19,21,23,29,50H,13-17,20,22,24H2,1-2H3/t29-/m0/s1. The highest BCUT2D eigenvalue weighted by molar-refractivity contribution is 6.12. The van der Waals surface area contributed by atoms with Crippen molar-refractivity contribution in [2.45, 2.75) is 31.6 Å². The normalized spacial score (nSPS) is 16.4. The number of fused-ring (bicyclic) bond motifs is 1. The van der Waals surface area contributed by atoms with E-state index in [9.17, 15) is 27.9 Å². The molecular formula is C39H38F4N6O4. The first-order chi connectivity index (χ1) is 25.4. The molecule has 2 aliphatic rings. The smallest absolute Gasteiger partial charge is 0.394 e. The van der Waals surface area contributed by atoms with Crippen molar-refractivity contribution < 1.29 is 37.0 Å². The number of rotatable bonds is 8. The molecule has 0 bridgehead atoms. The van der Waals surface area contributed by atoms with Gasteiger partial charge in [0.15, 0.2) is 0 Å². The molecule has 5 aromatic rings. The minimum absolute atomic E-state index is 0.0570. The van der Waals surface area contributed by atoms with Crippen LogP contribution < -0.4 is 4.90 Å². The SMILES string of the molecule is Cn1cc(N(C(=O)c2cc(-c3cc(F)ccc3C(=O)N3Cc4ccccc4C[C@H]3CN3CCOCC3)n(C)c2CC(F)(F)F)c2ccc(O)cc2)cn1. The summed E-state index contributed by atoms with van der Waals surface area (Å²) in [6.45, 7) is 3.47. The van der Waals surface area contributed by atoms with Crippen LogP contribution in [-0.4, -0.2) is 86.1 Å². The number of hydrogen-bond donors (Lipinski definition) is 1. The molecule has 0 spiro atoms. The molecule has 3 aromatic carbocycles. The van der Waals surface area contributed by atoms with Crippen LogP contribution in [0.25, 0.3) is 11.3 Å². The van der Waals surface area contributed by atoms with Crippen LogP contribution >= 0.6 is 0 Å². The van der Waals surface area contributed by atoms with E-state index in [2.05, 4.69) is 10.00 Å². The van der Waals surface area contributed by atoms with Crippen LogP contribution in [0.3, 0.4) is 0 Å². The predicted octanol–water partition coefficient (Wildman–Crippen LogP) is 6.25. The molecule has 1 atom stereocenters. The highest BCUT2D eigenvalue weighted by atomic mass is 19.4.